The highest BCUT2D eigenvalue weighted by Gasteiger charge is 2.10. The molecule has 1 aromatic heterocycles. The molecule has 1 heterocycles. The molecule has 0 bridgehead atoms. The first kappa shape index (κ1) is 13.6. The van der Waals surface area contributed by atoms with Gasteiger partial charge in [0.05, 0.1) is 12.7 Å². The van der Waals surface area contributed by atoms with Crippen LogP contribution in [0.15, 0.2) is 75.9 Å². The van der Waals surface area contributed by atoms with Gasteiger partial charge in [0, 0.05) is 5.39 Å². The van der Waals surface area contributed by atoms with Gasteiger partial charge >= 0.3 is 5.63 Å². The van der Waals surface area contributed by atoms with E-state index in [0.29, 0.717) is 11.1 Å². The van der Waals surface area contributed by atoms with Gasteiger partial charge in [0.15, 0.2) is 0 Å². The lowest BCUT2D eigenvalue weighted by atomic mass is 10.0. The summed E-state index contributed by atoms with van der Waals surface area (Å²) in [5.41, 5.74) is 1.63. The third kappa shape index (κ3) is 2.27. The number of rotatable bonds is 2. The smallest absolute Gasteiger partial charge is 0.344 e. The highest BCUT2D eigenvalue weighted by molar-refractivity contribution is 6.06. The van der Waals surface area contributed by atoms with Gasteiger partial charge in [-0.25, -0.2) is 4.79 Å². The van der Waals surface area contributed by atoms with E-state index in [4.69, 9.17) is 9.15 Å². The molecular formula is C20H14O3. The van der Waals surface area contributed by atoms with Crippen LogP contribution >= 0.6 is 0 Å². The van der Waals surface area contributed by atoms with Crippen molar-refractivity contribution in [1.29, 1.82) is 0 Å². The molecular weight excluding hydrogens is 288 g/mol. The highest BCUT2D eigenvalue weighted by atomic mass is 16.5. The van der Waals surface area contributed by atoms with Gasteiger partial charge < -0.3 is 9.15 Å². The molecule has 3 aromatic carbocycles. The van der Waals surface area contributed by atoms with Crippen molar-refractivity contribution in [3.8, 4) is 16.9 Å². The van der Waals surface area contributed by atoms with Crippen LogP contribution < -0.4 is 10.4 Å². The normalized spacial score (nSPS) is 11.0. The van der Waals surface area contributed by atoms with Crippen molar-refractivity contribution in [1.82, 2.24) is 0 Å². The summed E-state index contributed by atoms with van der Waals surface area (Å²) in [5, 5.41) is 3.13. The Morgan fingerprint density at radius 2 is 1.65 bits per heavy atom. The Balaban J connectivity index is 2.00. The minimum Gasteiger partial charge on any atom is -0.497 e. The molecule has 0 saturated heterocycles. The molecule has 112 valence electrons. The zero-order valence-corrected chi connectivity index (χ0v) is 12.6. The van der Waals surface area contributed by atoms with Crippen LogP contribution in [0, 0.1) is 0 Å². The lowest BCUT2D eigenvalue weighted by Gasteiger charge is -2.06. The average Bonchev–Trinajstić information content (AvgIpc) is 2.61. The molecule has 3 nitrogen and oxygen atoms in total. The van der Waals surface area contributed by atoms with E-state index in [1.54, 1.807) is 7.11 Å². The number of ether oxygens (including phenoxy) is 1. The molecule has 3 heteroatoms. The van der Waals surface area contributed by atoms with Gasteiger partial charge in [-0.05, 0) is 40.6 Å². The second-order valence-electron chi connectivity index (χ2n) is 5.37. The summed E-state index contributed by atoms with van der Waals surface area (Å²) in [6.07, 6.45) is 0. The van der Waals surface area contributed by atoms with Gasteiger partial charge in [-0.2, -0.15) is 0 Å². The summed E-state index contributed by atoms with van der Waals surface area (Å²) >= 11 is 0. The molecule has 0 aliphatic carbocycles. The van der Waals surface area contributed by atoms with Crippen molar-refractivity contribution >= 4 is 21.7 Å². The van der Waals surface area contributed by atoms with Crippen molar-refractivity contribution in [2.75, 3.05) is 7.11 Å². The molecule has 0 spiro atoms. The Kier molecular flexibility index (Phi) is 3.12. The Hall–Kier alpha value is -3.07. The first-order valence-corrected chi connectivity index (χ1v) is 7.36. The summed E-state index contributed by atoms with van der Waals surface area (Å²) < 4.78 is 10.7. The molecule has 0 fully saturated rings. The third-order valence-corrected chi connectivity index (χ3v) is 4.04. The molecule has 0 saturated carbocycles. The van der Waals surface area contributed by atoms with Crippen LogP contribution in [0.5, 0.6) is 5.75 Å². The molecule has 4 rings (SSSR count). The van der Waals surface area contributed by atoms with Gasteiger partial charge in [-0.1, -0.05) is 42.5 Å². The molecule has 4 aromatic rings. The average molecular weight is 302 g/mol. The van der Waals surface area contributed by atoms with Gasteiger partial charge in [0.25, 0.3) is 0 Å². The topological polar surface area (TPSA) is 39.4 Å². The van der Waals surface area contributed by atoms with E-state index >= 15 is 0 Å². The van der Waals surface area contributed by atoms with Gasteiger partial charge in [-0.15, -0.1) is 0 Å². The summed E-state index contributed by atoms with van der Waals surface area (Å²) in [7, 11) is 1.62. The molecule has 0 atom stereocenters. The van der Waals surface area contributed by atoms with E-state index in [-0.39, 0.29) is 5.63 Å². The molecule has 0 N–H and O–H groups in total. The minimum atomic E-state index is -0.335. The van der Waals surface area contributed by atoms with Crippen molar-refractivity contribution in [2.24, 2.45) is 0 Å². The third-order valence-electron chi connectivity index (χ3n) is 4.04. The van der Waals surface area contributed by atoms with E-state index in [1.807, 2.05) is 66.7 Å². The molecule has 23 heavy (non-hydrogen) atoms. The van der Waals surface area contributed by atoms with Crippen LogP contribution in [-0.4, -0.2) is 7.11 Å². The maximum absolute atomic E-state index is 12.3. The maximum atomic E-state index is 12.3. The zero-order chi connectivity index (χ0) is 15.8. The summed E-state index contributed by atoms with van der Waals surface area (Å²) in [6.45, 7) is 0. The Labute approximate surface area is 132 Å². The predicted molar refractivity (Wildman–Crippen MR) is 92.0 cm³/mol. The zero-order valence-electron chi connectivity index (χ0n) is 12.6. The summed E-state index contributed by atoms with van der Waals surface area (Å²) in [6, 6.07) is 21.2. The van der Waals surface area contributed by atoms with Crippen LogP contribution in [-0.2, 0) is 0 Å². The largest absolute Gasteiger partial charge is 0.497 e. The fourth-order valence-corrected chi connectivity index (χ4v) is 2.84. The number of benzene rings is 3. The Morgan fingerprint density at radius 1 is 0.870 bits per heavy atom. The predicted octanol–water partition coefficient (Wildman–Crippen LogP) is 4.62. The monoisotopic (exact) mass is 302 g/mol. The molecule has 0 amide bonds. The first-order chi connectivity index (χ1) is 11.3. The van der Waals surface area contributed by atoms with E-state index < -0.39 is 0 Å². The minimum absolute atomic E-state index is 0.335. The fraction of sp³-hybridized carbons (Fsp3) is 0.0500. The SMILES string of the molecule is COc1ccc(-c2cc3c(ccc4ccccc43)oc2=O)cc1. The van der Waals surface area contributed by atoms with E-state index in [0.717, 1.165) is 27.5 Å². The molecule has 0 unspecified atom stereocenters. The quantitative estimate of drug-likeness (QED) is 0.400. The van der Waals surface area contributed by atoms with E-state index in [2.05, 4.69) is 0 Å². The van der Waals surface area contributed by atoms with Crippen molar-refractivity contribution < 1.29 is 9.15 Å². The number of hydrogen-bond donors (Lipinski definition) is 0. The Bertz CT molecular complexity index is 1060. The first-order valence-electron chi connectivity index (χ1n) is 7.36. The van der Waals surface area contributed by atoms with Gasteiger partial charge in [0.2, 0.25) is 0 Å². The van der Waals surface area contributed by atoms with Crippen molar-refractivity contribution in [3.05, 3.63) is 77.2 Å². The molecule has 0 aliphatic heterocycles. The number of fused-ring (bicyclic) bond motifs is 3. The van der Waals surface area contributed by atoms with E-state index in [1.165, 1.54) is 0 Å². The lowest BCUT2D eigenvalue weighted by Crippen LogP contribution is -2.02. The van der Waals surface area contributed by atoms with Crippen molar-refractivity contribution in [3.63, 3.8) is 0 Å². The Morgan fingerprint density at radius 3 is 2.43 bits per heavy atom. The lowest BCUT2D eigenvalue weighted by molar-refractivity contribution is 0.415. The van der Waals surface area contributed by atoms with Crippen LogP contribution in [0.3, 0.4) is 0 Å². The maximum Gasteiger partial charge on any atom is 0.344 e. The van der Waals surface area contributed by atoms with Gasteiger partial charge in [0.1, 0.15) is 11.3 Å². The second kappa shape index (κ2) is 5.29. The van der Waals surface area contributed by atoms with Crippen LogP contribution in [0.25, 0.3) is 32.9 Å². The van der Waals surface area contributed by atoms with Crippen LogP contribution in [0.2, 0.25) is 0 Å². The summed E-state index contributed by atoms with van der Waals surface area (Å²) in [5.74, 6) is 0.754. The summed E-state index contributed by atoms with van der Waals surface area (Å²) in [4.78, 5) is 12.3. The standard InChI is InChI=1S/C20H14O3/c1-22-15-9-6-14(7-10-15)17-12-18-16-5-3-2-4-13(16)8-11-19(18)23-20(17)21/h2-12H,1H3. The second-order valence-corrected chi connectivity index (χ2v) is 5.37. The van der Waals surface area contributed by atoms with Crippen molar-refractivity contribution in [2.45, 2.75) is 0 Å². The number of hydrogen-bond acceptors (Lipinski definition) is 3. The van der Waals surface area contributed by atoms with Crippen LogP contribution in [0.4, 0.5) is 0 Å². The van der Waals surface area contributed by atoms with Gasteiger partial charge in [-0.3, -0.25) is 0 Å². The molecule has 0 radical (unpaired) electrons. The number of methoxy groups -OCH3 is 1. The highest BCUT2D eigenvalue weighted by Crippen LogP contribution is 2.28. The molecule has 0 aliphatic rings. The fourth-order valence-electron chi connectivity index (χ4n) is 2.84. The van der Waals surface area contributed by atoms with Crippen LogP contribution in [0.1, 0.15) is 0 Å². The van der Waals surface area contributed by atoms with E-state index in [9.17, 15) is 4.79 Å².